The van der Waals surface area contributed by atoms with Gasteiger partial charge in [-0.25, -0.2) is 9.97 Å². The fraction of sp³-hybridized carbons (Fsp3) is 0.750. The molecule has 1 aromatic rings. The lowest BCUT2D eigenvalue weighted by Gasteiger charge is -2.41. The first kappa shape index (κ1) is 14.7. The quantitative estimate of drug-likeness (QED) is 0.846. The number of nitrogens with zero attached hydrogens (tertiary/aromatic N) is 4. The number of anilines is 1. The number of aryl methyl sites for hydroxylation is 2. The van der Waals surface area contributed by atoms with E-state index in [0.717, 1.165) is 63.5 Å². The molecule has 1 aromatic heterocycles. The maximum absolute atomic E-state index is 5.47. The molecule has 2 aliphatic heterocycles. The average Bonchev–Trinajstić information content (AvgIpc) is 2.56. The van der Waals surface area contributed by atoms with Crippen LogP contribution in [-0.2, 0) is 11.2 Å². The van der Waals surface area contributed by atoms with E-state index in [-0.39, 0.29) is 0 Å². The highest BCUT2D eigenvalue weighted by Gasteiger charge is 2.26. The van der Waals surface area contributed by atoms with E-state index in [4.69, 9.17) is 4.74 Å². The Kier molecular flexibility index (Phi) is 4.70. The van der Waals surface area contributed by atoms with E-state index in [9.17, 15) is 0 Å². The Balaban J connectivity index is 1.64. The lowest BCUT2D eigenvalue weighted by molar-refractivity contribution is 0.0321. The summed E-state index contributed by atoms with van der Waals surface area (Å²) in [5.41, 5.74) is 1.26. The molecule has 5 heteroatoms. The third-order valence-corrected chi connectivity index (χ3v) is 4.66. The van der Waals surface area contributed by atoms with E-state index in [1.165, 1.54) is 18.4 Å². The summed E-state index contributed by atoms with van der Waals surface area (Å²) >= 11 is 0. The van der Waals surface area contributed by atoms with Gasteiger partial charge in [0.25, 0.3) is 0 Å². The second-order valence-corrected chi connectivity index (χ2v) is 5.99. The number of hydrogen-bond donors (Lipinski definition) is 0. The largest absolute Gasteiger partial charge is 0.381 e. The highest BCUT2D eigenvalue weighted by Crippen LogP contribution is 2.22. The number of rotatable bonds is 3. The van der Waals surface area contributed by atoms with Crippen LogP contribution >= 0.6 is 0 Å². The number of ether oxygens (including phenoxy) is 1. The summed E-state index contributed by atoms with van der Waals surface area (Å²) in [5, 5.41) is 0. The van der Waals surface area contributed by atoms with Crippen LogP contribution in [0.25, 0.3) is 0 Å². The third-order valence-electron chi connectivity index (χ3n) is 4.66. The lowest BCUT2D eigenvalue weighted by atomic mass is 10.1. The van der Waals surface area contributed by atoms with Crippen LogP contribution in [0.15, 0.2) is 6.20 Å². The predicted octanol–water partition coefficient (Wildman–Crippen LogP) is 1.65. The summed E-state index contributed by atoms with van der Waals surface area (Å²) in [5.74, 6) is 2.02. The van der Waals surface area contributed by atoms with Crippen molar-refractivity contribution < 1.29 is 4.74 Å². The maximum atomic E-state index is 5.47. The molecule has 0 saturated carbocycles. The van der Waals surface area contributed by atoms with Crippen LogP contribution < -0.4 is 4.90 Å². The summed E-state index contributed by atoms with van der Waals surface area (Å²) in [6, 6.07) is 0.721. The molecule has 0 aromatic carbocycles. The van der Waals surface area contributed by atoms with Crippen molar-refractivity contribution in [2.75, 3.05) is 44.3 Å². The van der Waals surface area contributed by atoms with Gasteiger partial charge in [0.2, 0.25) is 0 Å². The molecule has 2 aliphatic rings. The van der Waals surface area contributed by atoms with E-state index in [1.807, 2.05) is 13.1 Å². The zero-order valence-corrected chi connectivity index (χ0v) is 13.2. The number of piperazine rings is 1. The molecule has 0 bridgehead atoms. The number of aromatic nitrogens is 2. The fourth-order valence-electron chi connectivity index (χ4n) is 3.36. The zero-order chi connectivity index (χ0) is 14.7. The van der Waals surface area contributed by atoms with Crippen LogP contribution in [0.3, 0.4) is 0 Å². The summed E-state index contributed by atoms with van der Waals surface area (Å²) in [7, 11) is 0. The molecule has 0 unspecified atom stereocenters. The van der Waals surface area contributed by atoms with Crippen molar-refractivity contribution in [3.8, 4) is 0 Å². The van der Waals surface area contributed by atoms with Crippen molar-refractivity contribution in [3.63, 3.8) is 0 Å². The monoisotopic (exact) mass is 290 g/mol. The van der Waals surface area contributed by atoms with E-state index in [2.05, 4.69) is 26.7 Å². The second-order valence-electron chi connectivity index (χ2n) is 5.99. The van der Waals surface area contributed by atoms with Crippen LogP contribution in [0.4, 0.5) is 5.82 Å². The van der Waals surface area contributed by atoms with Gasteiger partial charge in [-0.1, -0.05) is 6.92 Å². The van der Waals surface area contributed by atoms with Crippen LogP contribution in [0, 0.1) is 6.92 Å². The summed E-state index contributed by atoms with van der Waals surface area (Å²) in [6.45, 7) is 10.4. The molecule has 0 N–H and O–H groups in total. The molecule has 0 atom stereocenters. The Hall–Kier alpha value is -1.20. The number of hydrogen-bond acceptors (Lipinski definition) is 5. The van der Waals surface area contributed by atoms with Gasteiger partial charge >= 0.3 is 0 Å². The van der Waals surface area contributed by atoms with Crippen molar-refractivity contribution in [2.24, 2.45) is 0 Å². The van der Waals surface area contributed by atoms with Gasteiger partial charge in [0.1, 0.15) is 11.6 Å². The highest BCUT2D eigenvalue weighted by atomic mass is 16.5. The molecule has 3 rings (SSSR count). The van der Waals surface area contributed by atoms with E-state index in [1.54, 1.807) is 0 Å². The van der Waals surface area contributed by atoms with Crippen LogP contribution in [0.2, 0.25) is 0 Å². The summed E-state index contributed by atoms with van der Waals surface area (Å²) in [4.78, 5) is 14.1. The molecule has 0 amide bonds. The zero-order valence-electron chi connectivity index (χ0n) is 13.2. The SMILES string of the molecule is CCc1cnc(C)nc1N1CCN(C2CCOCC2)CC1. The minimum absolute atomic E-state index is 0.721. The van der Waals surface area contributed by atoms with E-state index >= 15 is 0 Å². The van der Waals surface area contributed by atoms with Crippen molar-refractivity contribution >= 4 is 5.82 Å². The van der Waals surface area contributed by atoms with Gasteiger partial charge in [0, 0.05) is 57.2 Å². The first-order chi connectivity index (χ1) is 10.3. The van der Waals surface area contributed by atoms with E-state index < -0.39 is 0 Å². The standard InChI is InChI=1S/C16H26N4O/c1-3-14-12-17-13(2)18-16(14)20-8-6-19(7-9-20)15-4-10-21-11-5-15/h12,15H,3-11H2,1-2H3. The van der Waals surface area contributed by atoms with Gasteiger partial charge < -0.3 is 9.64 Å². The summed E-state index contributed by atoms with van der Waals surface area (Å²) in [6.07, 6.45) is 5.36. The van der Waals surface area contributed by atoms with Gasteiger partial charge in [-0.15, -0.1) is 0 Å². The lowest BCUT2D eigenvalue weighted by Crippen LogP contribution is -2.52. The van der Waals surface area contributed by atoms with Crippen molar-refractivity contribution in [1.82, 2.24) is 14.9 Å². The third kappa shape index (κ3) is 3.35. The Morgan fingerprint density at radius 3 is 2.57 bits per heavy atom. The van der Waals surface area contributed by atoms with Gasteiger partial charge in [-0.3, -0.25) is 4.90 Å². The molecule has 0 aliphatic carbocycles. The van der Waals surface area contributed by atoms with Gasteiger partial charge in [0.15, 0.2) is 0 Å². The van der Waals surface area contributed by atoms with E-state index in [0.29, 0.717) is 0 Å². The maximum Gasteiger partial charge on any atom is 0.135 e. The Labute approximate surface area is 127 Å². The summed E-state index contributed by atoms with van der Waals surface area (Å²) < 4.78 is 5.47. The molecular formula is C16H26N4O. The molecule has 2 saturated heterocycles. The first-order valence-electron chi connectivity index (χ1n) is 8.17. The topological polar surface area (TPSA) is 41.5 Å². The van der Waals surface area contributed by atoms with Crippen molar-refractivity contribution in [3.05, 3.63) is 17.6 Å². The molecule has 2 fully saturated rings. The smallest absolute Gasteiger partial charge is 0.135 e. The van der Waals surface area contributed by atoms with Crippen LogP contribution in [-0.4, -0.2) is 60.3 Å². The Bertz CT molecular complexity index is 465. The minimum atomic E-state index is 0.721. The highest BCUT2D eigenvalue weighted by molar-refractivity contribution is 5.46. The minimum Gasteiger partial charge on any atom is -0.381 e. The van der Waals surface area contributed by atoms with Gasteiger partial charge in [-0.05, 0) is 26.2 Å². The molecular weight excluding hydrogens is 264 g/mol. The van der Waals surface area contributed by atoms with Crippen LogP contribution in [0.1, 0.15) is 31.2 Å². The first-order valence-corrected chi connectivity index (χ1v) is 8.17. The Morgan fingerprint density at radius 2 is 1.90 bits per heavy atom. The van der Waals surface area contributed by atoms with Crippen molar-refractivity contribution in [1.29, 1.82) is 0 Å². The molecule has 5 nitrogen and oxygen atoms in total. The Morgan fingerprint density at radius 1 is 1.19 bits per heavy atom. The molecule has 3 heterocycles. The molecule has 0 spiro atoms. The van der Waals surface area contributed by atoms with Crippen molar-refractivity contribution in [2.45, 2.75) is 39.2 Å². The fourth-order valence-corrected chi connectivity index (χ4v) is 3.36. The average molecular weight is 290 g/mol. The molecule has 116 valence electrons. The van der Waals surface area contributed by atoms with Gasteiger partial charge in [-0.2, -0.15) is 0 Å². The normalized spacial score (nSPS) is 21.7. The van der Waals surface area contributed by atoms with Crippen LogP contribution in [0.5, 0.6) is 0 Å². The molecule has 0 radical (unpaired) electrons. The molecule has 21 heavy (non-hydrogen) atoms. The predicted molar refractivity (Wildman–Crippen MR) is 83.8 cm³/mol. The van der Waals surface area contributed by atoms with Gasteiger partial charge in [0.05, 0.1) is 0 Å². The second kappa shape index (κ2) is 6.71.